The van der Waals surface area contributed by atoms with Crippen LogP contribution in [0.4, 0.5) is 0 Å². The summed E-state index contributed by atoms with van der Waals surface area (Å²) in [5.41, 5.74) is 2.45. The molecule has 1 unspecified atom stereocenters. The Bertz CT molecular complexity index is 650. The molecule has 2 N–H and O–H groups in total. The van der Waals surface area contributed by atoms with Crippen molar-refractivity contribution in [2.75, 3.05) is 13.1 Å². The Morgan fingerprint density at radius 2 is 2.33 bits per heavy atom. The van der Waals surface area contributed by atoms with E-state index in [0.717, 1.165) is 18.7 Å². The minimum absolute atomic E-state index is 0. The maximum atomic E-state index is 12.4. The van der Waals surface area contributed by atoms with Crippen molar-refractivity contribution in [1.82, 2.24) is 20.8 Å². The van der Waals surface area contributed by atoms with Gasteiger partial charge < -0.3 is 15.2 Å². The van der Waals surface area contributed by atoms with Crippen molar-refractivity contribution in [2.45, 2.75) is 32.7 Å². The monoisotopic (exact) mass is 310 g/mol. The molecule has 1 fully saturated rings. The van der Waals surface area contributed by atoms with Gasteiger partial charge in [-0.1, -0.05) is 5.16 Å². The number of nitrogens with zero attached hydrogens (tertiary/aromatic N) is 2. The molecule has 6 nitrogen and oxygen atoms in total. The van der Waals surface area contributed by atoms with E-state index < -0.39 is 0 Å². The van der Waals surface area contributed by atoms with Gasteiger partial charge in [-0.05, 0) is 39.3 Å². The van der Waals surface area contributed by atoms with Crippen LogP contribution in [0.1, 0.15) is 34.6 Å². The molecule has 3 rings (SSSR count). The summed E-state index contributed by atoms with van der Waals surface area (Å²) in [5, 5.41) is 10.9. The number of rotatable bonds is 3. The molecule has 0 spiro atoms. The van der Waals surface area contributed by atoms with Crippen LogP contribution in [0.5, 0.6) is 0 Å². The predicted molar refractivity (Wildman–Crippen MR) is 81.9 cm³/mol. The predicted octanol–water partition coefficient (Wildman–Crippen LogP) is 1.74. The zero-order valence-corrected chi connectivity index (χ0v) is 12.9. The third-order valence-electron chi connectivity index (χ3n) is 3.66. The second-order valence-corrected chi connectivity index (χ2v) is 5.26. The van der Waals surface area contributed by atoms with Gasteiger partial charge in [0.2, 0.25) is 0 Å². The number of hydrogen-bond donors (Lipinski definition) is 2. The largest absolute Gasteiger partial charge is 0.350 e. The smallest absolute Gasteiger partial charge is 0.258 e. The molecule has 7 heteroatoms. The topological polar surface area (TPSA) is 80.0 Å². The van der Waals surface area contributed by atoms with Crippen LogP contribution in [-0.2, 0) is 0 Å². The summed E-state index contributed by atoms with van der Waals surface area (Å²) >= 11 is 0. The Labute approximate surface area is 129 Å². The minimum atomic E-state index is -0.0968. The van der Waals surface area contributed by atoms with Gasteiger partial charge in [0, 0.05) is 18.3 Å². The molecule has 1 saturated heterocycles. The number of hydrogen-bond acceptors (Lipinski definition) is 5. The standard InChI is InChI=1S/C14H18N4O2.ClH/c1-8-6-11(12-9(2)18-20-14(12)17-8)13(19)16-7-10-4-3-5-15-10;/h6,10,15H,3-5,7H2,1-2H3,(H,16,19);1H. The Morgan fingerprint density at radius 3 is 3.05 bits per heavy atom. The summed E-state index contributed by atoms with van der Waals surface area (Å²) in [6, 6.07) is 2.16. The number of aromatic nitrogens is 2. The first-order chi connectivity index (χ1) is 9.65. The van der Waals surface area contributed by atoms with Crippen LogP contribution in [0.25, 0.3) is 11.1 Å². The number of halogens is 1. The zero-order valence-electron chi connectivity index (χ0n) is 12.1. The zero-order chi connectivity index (χ0) is 14.1. The lowest BCUT2D eigenvalue weighted by Crippen LogP contribution is -2.37. The normalized spacial score (nSPS) is 17.7. The van der Waals surface area contributed by atoms with Crippen LogP contribution in [-0.4, -0.2) is 35.2 Å². The molecule has 1 aliphatic heterocycles. The van der Waals surface area contributed by atoms with E-state index in [0.29, 0.717) is 34.9 Å². The Kier molecular flexibility index (Phi) is 4.80. The molecule has 1 atom stereocenters. The van der Waals surface area contributed by atoms with Gasteiger partial charge in [-0.2, -0.15) is 0 Å². The van der Waals surface area contributed by atoms with Gasteiger partial charge >= 0.3 is 0 Å². The van der Waals surface area contributed by atoms with Crippen LogP contribution in [0.15, 0.2) is 10.6 Å². The molecule has 0 saturated carbocycles. The summed E-state index contributed by atoms with van der Waals surface area (Å²) in [5.74, 6) is -0.0968. The van der Waals surface area contributed by atoms with E-state index >= 15 is 0 Å². The SMILES string of the molecule is Cc1cc(C(=O)NCC2CCCN2)c2c(C)noc2n1.Cl. The van der Waals surface area contributed by atoms with Crippen LogP contribution in [0.2, 0.25) is 0 Å². The number of amides is 1. The van der Waals surface area contributed by atoms with Gasteiger partial charge in [0.25, 0.3) is 11.6 Å². The van der Waals surface area contributed by atoms with Gasteiger partial charge in [0.05, 0.1) is 16.6 Å². The molecule has 0 bridgehead atoms. The number of pyridine rings is 1. The van der Waals surface area contributed by atoms with Crippen molar-refractivity contribution in [3.63, 3.8) is 0 Å². The number of aryl methyl sites for hydroxylation is 2. The fourth-order valence-electron chi connectivity index (χ4n) is 2.64. The van der Waals surface area contributed by atoms with E-state index in [1.165, 1.54) is 6.42 Å². The second kappa shape index (κ2) is 6.41. The van der Waals surface area contributed by atoms with Crippen molar-refractivity contribution in [1.29, 1.82) is 0 Å². The van der Waals surface area contributed by atoms with Crippen LogP contribution >= 0.6 is 12.4 Å². The van der Waals surface area contributed by atoms with Gasteiger partial charge in [-0.3, -0.25) is 4.79 Å². The minimum Gasteiger partial charge on any atom is -0.350 e. The molecule has 21 heavy (non-hydrogen) atoms. The van der Waals surface area contributed by atoms with E-state index in [1.807, 2.05) is 13.8 Å². The Morgan fingerprint density at radius 1 is 1.52 bits per heavy atom. The lowest BCUT2D eigenvalue weighted by atomic mass is 10.1. The highest BCUT2D eigenvalue weighted by Crippen LogP contribution is 2.21. The maximum Gasteiger partial charge on any atom is 0.258 e. The number of carbonyl (C=O) groups excluding carboxylic acids is 1. The summed E-state index contributed by atoms with van der Waals surface area (Å²) < 4.78 is 5.14. The Balaban J connectivity index is 0.00000161. The third-order valence-corrected chi connectivity index (χ3v) is 3.66. The van der Waals surface area contributed by atoms with Gasteiger partial charge in [-0.25, -0.2) is 4.98 Å². The molecule has 1 aliphatic rings. The van der Waals surface area contributed by atoms with Crippen molar-refractivity contribution >= 4 is 29.4 Å². The first-order valence-corrected chi connectivity index (χ1v) is 6.90. The number of nitrogens with one attached hydrogen (secondary N) is 2. The fraction of sp³-hybridized carbons (Fsp3) is 0.500. The molecule has 114 valence electrons. The van der Waals surface area contributed by atoms with Crippen LogP contribution in [0, 0.1) is 13.8 Å². The van der Waals surface area contributed by atoms with Gasteiger partial charge in [0.1, 0.15) is 0 Å². The van der Waals surface area contributed by atoms with Crippen molar-refractivity contribution in [2.24, 2.45) is 0 Å². The lowest BCUT2D eigenvalue weighted by molar-refractivity contribution is 0.0951. The maximum absolute atomic E-state index is 12.4. The molecule has 2 aromatic rings. The van der Waals surface area contributed by atoms with E-state index in [1.54, 1.807) is 6.07 Å². The van der Waals surface area contributed by atoms with Crippen molar-refractivity contribution < 1.29 is 9.32 Å². The second-order valence-electron chi connectivity index (χ2n) is 5.26. The number of fused-ring (bicyclic) bond motifs is 1. The highest BCUT2D eigenvalue weighted by molar-refractivity contribution is 6.06. The highest BCUT2D eigenvalue weighted by Gasteiger charge is 2.19. The van der Waals surface area contributed by atoms with Gasteiger partial charge in [-0.15, -0.1) is 12.4 Å². The molecule has 0 aromatic carbocycles. The van der Waals surface area contributed by atoms with Crippen molar-refractivity contribution in [3.05, 3.63) is 23.0 Å². The van der Waals surface area contributed by atoms with E-state index in [9.17, 15) is 4.79 Å². The molecule has 3 heterocycles. The Hall–Kier alpha value is -1.66. The average Bonchev–Trinajstić information content (AvgIpc) is 3.05. The third kappa shape index (κ3) is 3.16. The summed E-state index contributed by atoms with van der Waals surface area (Å²) in [7, 11) is 0. The van der Waals surface area contributed by atoms with E-state index in [2.05, 4.69) is 20.8 Å². The van der Waals surface area contributed by atoms with Crippen LogP contribution in [0.3, 0.4) is 0 Å². The lowest BCUT2D eigenvalue weighted by Gasteiger charge is -2.12. The number of carbonyl (C=O) groups is 1. The summed E-state index contributed by atoms with van der Waals surface area (Å²) in [4.78, 5) is 16.6. The molecule has 1 amide bonds. The quantitative estimate of drug-likeness (QED) is 0.902. The van der Waals surface area contributed by atoms with Gasteiger partial charge in [0.15, 0.2) is 0 Å². The average molecular weight is 311 g/mol. The molecular formula is C14H19ClN4O2. The van der Waals surface area contributed by atoms with E-state index in [4.69, 9.17) is 4.52 Å². The molecule has 0 radical (unpaired) electrons. The molecule has 2 aromatic heterocycles. The van der Waals surface area contributed by atoms with Crippen LogP contribution < -0.4 is 10.6 Å². The van der Waals surface area contributed by atoms with Crippen molar-refractivity contribution in [3.8, 4) is 0 Å². The summed E-state index contributed by atoms with van der Waals surface area (Å²) in [6.45, 7) is 5.33. The molecule has 0 aliphatic carbocycles. The fourth-order valence-corrected chi connectivity index (χ4v) is 2.64. The molecular weight excluding hydrogens is 292 g/mol. The van der Waals surface area contributed by atoms with E-state index in [-0.39, 0.29) is 18.3 Å². The summed E-state index contributed by atoms with van der Waals surface area (Å²) in [6.07, 6.45) is 2.28. The first kappa shape index (κ1) is 15.7. The first-order valence-electron chi connectivity index (χ1n) is 6.90. The highest BCUT2D eigenvalue weighted by atomic mass is 35.5.